The van der Waals surface area contributed by atoms with E-state index >= 15 is 0 Å². The minimum absolute atomic E-state index is 0.227. The van der Waals surface area contributed by atoms with Gasteiger partial charge in [0.05, 0.1) is 38.4 Å². The molecule has 0 aliphatic heterocycles. The van der Waals surface area contributed by atoms with E-state index in [1.807, 2.05) is 36.4 Å². The van der Waals surface area contributed by atoms with E-state index in [-0.39, 0.29) is 23.7 Å². The molecular formula is C28H23N3O7. The number of carbonyl (C=O) groups excluding carboxylic acids is 1. The molecule has 5 aromatic rings. The van der Waals surface area contributed by atoms with E-state index in [1.165, 1.54) is 32.2 Å². The summed E-state index contributed by atoms with van der Waals surface area (Å²) < 4.78 is 28.3. The second-order valence-electron chi connectivity index (χ2n) is 8.08. The van der Waals surface area contributed by atoms with Gasteiger partial charge in [-0.05, 0) is 36.4 Å². The van der Waals surface area contributed by atoms with Crippen molar-refractivity contribution < 1.29 is 28.2 Å². The number of carbonyl (C=O) groups is 1. The van der Waals surface area contributed by atoms with Gasteiger partial charge in [-0.2, -0.15) is 9.78 Å². The van der Waals surface area contributed by atoms with E-state index in [1.54, 1.807) is 30.3 Å². The van der Waals surface area contributed by atoms with E-state index in [0.717, 1.165) is 5.39 Å². The third kappa shape index (κ3) is 4.66. The van der Waals surface area contributed by atoms with Crippen LogP contribution in [0.15, 0.2) is 81.0 Å². The number of ether oxygens (including phenoxy) is 4. The summed E-state index contributed by atoms with van der Waals surface area (Å²) >= 11 is 0. The van der Waals surface area contributed by atoms with Crippen LogP contribution in [0, 0.1) is 0 Å². The van der Waals surface area contributed by atoms with Crippen molar-refractivity contribution in [3.05, 3.63) is 82.6 Å². The zero-order chi connectivity index (χ0) is 26.6. The van der Waals surface area contributed by atoms with Crippen LogP contribution in [0.3, 0.4) is 0 Å². The van der Waals surface area contributed by atoms with Crippen molar-refractivity contribution in [3.63, 3.8) is 0 Å². The number of benzene rings is 3. The van der Waals surface area contributed by atoms with E-state index in [0.29, 0.717) is 39.3 Å². The van der Waals surface area contributed by atoms with Gasteiger partial charge in [-0.1, -0.05) is 30.3 Å². The van der Waals surface area contributed by atoms with E-state index in [4.69, 9.17) is 18.6 Å². The monoisotopic (exact) mass is 513 g/mol. The Morgan fingerprint density at radius 1 is 1.00 bits per heavy atom. The van der Waals surface area contributed by atoms with E-state index < -0.39 is 5.97 Å². The van der Waals surface area contributed by atoms with Gasteiger partial charge in [0.15, 0.2) is 23.9 Å². The Morgan fingerprint density at radius 2 is 1.71 bits per heavy atom. The number of furan rings is 1. The number of hydrogen-bond donors (Lipinski definition) is 0. The van der Waals surface area contributed by atoms with Gasteiger partial charge in [0.1, 0.15) is 5.58 Å². The van der Waals surface area contributed by atoms with Gasteiger partial charge in [-0.3, -0.25) is 4.79 Å². The fourth-order valence-corrected chi connectivity index (χ4v) is 3.91. The first-order valence-corrected chi connectivity index (χ1v) is 11.5. The molecule has 0 aliphatic carbocycles. The molecule has 0 saturated carbocycles. The van der Waals surface area contributed by atoms with Gasteiger partial charge in [0.2, 0.25) is 11.6 Å². The number of hydrogen-bond acceptors (Lipinski definition) is 9. The van der Waals surface area contributed by atoms with Crippen LogP contribution >= 0.6 is 0 Å². The summed E-state index contributed by atoms with van der Waals surface area (Å²) in [6, 6.07) is 19.7. The molecule has 3 aromatic carbocycles. The van der Waals surface area contributed by atoms with Crippen LogP contribution in [-0.4, -0.2) is 49.8 Å². The van der Waals surface area contributed by atoms with E-state index in [2.05, 4.69) is 14.8 Å². The van der Waals surface area contributed by atoms with Crippen LogP contribution in [0.1, 0.15) is 5.56 Å². The highest BCUT2D eigenvalue weighted by Crippen LogP contribution is 2.38. The van der Waals surface area contributed by atoms with Crippen LogP contribution in [0.25, 0.3) is 33.5 Å². The predicted octanol–water partition coefficient (Wildman–Crippen LogP) is 4.26. The number of esters is 1. The Labute approximate surface area is 216 Å². The summed E-state index contributed by atoms with van der Waals surface area (Å²) in [4.78, 5) is 29.7. The number of fused-ring (bicyclic) bond motifs is 2. The summed E-state index contributed by atoms with van der Waals surface area (Å²) in [6.07, 6.45) is 1.47. The predicted molar refractivity (Wildman–Crippen MR) is 141 cm³/mol. The van der Waals surface area contributed by atoms with Gasteiger partial charge >= 0.3 is 5.97 Å². The largest absolute Gasteiger partial charge is 0.493 e. The summed E-state index contributed by atoms with van der Waals surface area (Å²) in [5.74, 6) is 0.921. The minimum atomic E-state index is -0.555. The second-order valence-corrected chi connectivity index (χ2v) is 8.08. The number of aromatic nitrogens is 2. The third-order valence-corrected chi connectivity index (χ3v) is 5.77. The summed E-state index contributed by atoms with van der Waals surface area (Å²) in [6.45, 7) is -0.324. The third-order valence-electron chi connectivity index (χ3n) is 5.77. The molecule has 0 amide bonds. The zero-order valence-electron chi connectivity index (χ0n) is 20.8. The van der Waals surface area contributed by atoms with Crippen molar-refractivity contribution in [2.45, 2.75) is 0 Å². The SMILES string of the molecule is COC(=O)COc1c(OC)cc(C=Nn2c(-c3cc4ccccc4o3)nc3ccccc3c2=O)cc1OC. The molecule has 2 heterocycles. The highest BCUT2D eigenvalue weighted by atomic mass is 16.6. The molecule has 0 spiro atoms. The molecule has 0 radical (unpaired) electrons. The number of rotatable bonds is 8. The maximum Gasteiger partial charge on any atom is 0.343 e. The normalized spacial score (nSPS) is 11.2. The van der Waals surface area contributed by atoms with Crippen molar-refractivity contribution in [1.29, 1.82) is 0 Å². The van der Waals surface area contributed by atoms with Gasteiger partial charge in [0.25, 0.3) is 5.56 Å². The number of nitrogens with zero attached hydrogens (tertiary/aromatic N) is 3. The van der Waals surface area contributed by atoms with E-state index in [9.17, 15) is 9.59 Å². The lowest BCUT2D eigenvalue weighted by molar-refractivity contribution is -0.142. The molecule has 192 valence electrons. The first kappa shape index (κ1) is 24.6. The quantitative estimate of drug-likeness (QED) is 0.223. The molecular weight excluding hydrogens is 490 g/mol. The summed E-state index contributed by atoms with van der Waals surface area (Å²) in [7, 11) is 4.18. The fourth-order valence-electron chi connectivity index (χ4n) is 3.91. The lowest BCUT2D eigenvalue weighted by Gasteiger charge is -2.14. The molecule has 10 nitrogen and oxygen atoms in total. The first-order chi connectivity index (χ1) is 18.5. The zero-order valence-corrected chi connectivity index (χ0v) is 20.8. The van der Waals surface area contributed by atoms with Crippen molar-refractivity contribution >= 4 is 34.1 Å². The van der Waals surface area contributed by atoms with Gasteiger partial charge in [-0.15, -0.1) is 0 Å². The Hall–Kier alpha value is -5.12. The maximum atomic E-state index is 13.5. The Balaban J connectivity index is 1.61. The molecule has 5 rings (SSSR count). The number of para-hydroxylation sites is 2. The number of methoxy groups -OCH3 is 3. The van der Waals surface area contributed by atoms with Gasteiger partial charge in [0, 0.05) is 10.9 Å². The molecule has 10 heteroatoms. The maximum absolute atomic E-state index is 13.5. The second kappa shape index (κ2) is 10.5. The van der Waals surface area contributed by atoms with Crippen molar-refractivity contribution in [1.82, 2.24) is 9.66 Å². The first-order valence-electron chi connectivity index (χ1n) is 11.5. The highest BCUT2D eigenvalue weighted by molar-refractivity contribution is 5.85. The van der Waals surface area contributed by atoms with Crippen LogP contribution < -0.4 is 19.8 Å². The summed E-state index contributed by atoms with van der Waals surface area (Å²) in [5, 5.41) is 5.75. The average Bonchev–Trinajstić information content (AvgIpc) is 3.39. The van der Waals surface area contributed by atoms with Crippen molar-refractivity contribution in [2.75, 3.05) is 27.9 Å². The Morgan fingerprint density at radius 3 is 2.42 bits per heavy atom. The topological polar surface area (TPSA) is 114 Å². The Bertz CT molecular complexity index is 1680. The van der Waals surface area contributed by atoms with Gasteiger partial charge in [-0.25, -0.2) is 9.78 Å². The van der Waals surface area contributed by atoms with Crippen LogP contribution in [0.5, 0.6) is 17.2 Å². The lowest BCUT2D eigenvalue weighted by atomic mass is 10.2. The molecule has 2 aromatic heterocycles. The minimum Gasteiger partial charge on any atom is -0.493 e. The molecule has 0 saturated heterocycles. The Kier molecular flexibility index (Phi) is 6.77. The molecule has 0 N–H and O–H groups in total. The fraction of sp³-hybridized carbons (Fsp3) is 0.143. The summed E-state index contributed by atoms with van der Waals surface area (Å²) in [5.41, 5.74) is 1.37. The highest BCUT2D eigenvalue weighted by Gasteiger charge is 2.18. The molecule has 0 atom stereocenters. The van der Waals surface area contributed by atoms with Crippen LogP contribution in [0.2, 0.25) is 0 Å². The van der Waals surface area contributed by atoms with Crippen LogP contribution in [-0.2, 0) is 9.53 Å². The molecule has 0 fully saturated rings. The molecule has 38 heavy (non-hydrogen) atoms. The standard InChI is InChI=1S/C28H23N3O7/c1-34-22-12-17(13-23(35-2)26(22)37-16-25(32)36-3)15-29-31-27(24-14-18-8-4-7-11-21(18)38-24)30-20-10-6-5-9-19(20)28(31)33/h4-15H,16H2,1-3H3. The van der Waals surface area contributed by atoms with Crippen molar-refractivity contribution in [3.8, 4) is 28.8 Å². The van der Waals surface area contributed by atoms with Crippen molar-refractivity contribution in [2.24, 2.45) is 5.10 Å². The molecule has 0 bridgehead atoms. The van der Waals surface area contributed by atoms with Gasteiger partial charge < -0.3 is 23.4 Å². The van der Waals surface area contributed by atoms with Crippen LogP contribution in [0.4, 0.5) is 0 Å². The molecule has 0 unspecified atom stereocenters. The smallest absolute Gasteiger partial charge is 0.343 e. The average molecular weight is 514 g/mol. The molecule has 0 aliphatic rings. The lowest BCUT2D eigenvalue weighted by Crippen LogP contribution is -2.20.